The average Bonchev–Trinajstić information content (AvgIpc) is 2.36. The number of hydrogen-bond donors (Lipinski definition) is 2. The molecule has 1 aromatic rings. The molecule has 1 rings (SSSR count). The zero-order valence-corrected chi connectivity index (χ0v) is 12.7. The first kappa shape index (κ1) is 15.7. The van der Waals surface area contributed by atoms with Crippen LogP contribution in [0, 0.1) is 5.92 Å². The second-order valence-electron chi connectivity index (χ2n) is 4.83. The predicted octanol–water partition coefficient (Wildman–Crippen LogP) is 0.560. The number of nitrogen functional groups attached to an aromatic ring is 1. The molecule has 0 bridgehead atoms. The molecule has 0 aliphatic carbocycles. The minimum absolute atomic E-state index is 0.225. The molecule has 0 saturated carbocycles. The van der Waals surface area contributed by atoms with E-state index in [1.54, 1.807) is 11.8 Å². The molecule has 7 heteroatoms. The maximum atomic E-state index is 12.0. The Hall–Kier alpha value is -1.37. The van der Waals surface area contributed by atoms with Gasteiger partial charge in [-0.15, -0.1) is 0 Å². The van der Waals surface area contributed by atoms with E-state index in [9.17, 15) is 9.59 Å². The monoisotopic (exact) mass is 286 g/mol. The summed E-state index contributed by atoms with van der Waals surface area (Å²) in [6.07, 6.45) is 1.99. The molecule has 1 heterocycles. The van der Waals surface area contributed by atoms with E-state index < -0.39 is 0 Å². The van der Waals surface area contributed by atoms with Crippen molar-refractivity contribution in [1.29, 1.82) is 0 Å². The summed E-state index contributed by atoms with van der Waals surface area (Å²) < 4.78 is 2.55. The van der Waals surface area contributed by atoms with Gasteiger partial charge in [-0.1, -0.05) is 13.8 Å². The minimum Gasteiger partial charge on any atom is -0.383 e. The molecule has 0 radical (unpaired) electrons. The number of hydrogen-bond acceptors (Lipinski definition) is 5. The molecule has 0 fully saturated rings. The molecule has 19 heavy (non-hydrogen) atoms. The van der Waals surface area contributed by atoms with Gasteiger partial charge in [0.25, 0.3) is 5.56 Å². The lowest BCUT2D eigenvalue weighted by molar-refractivity contribution is 0.494. The molecular weight excluding hydrogens is 264 g/mol. The largest absolute Gasteiger partial charge is 0.383 e. The van der Waals surface area contributed by atoms with Crippen molar-refractivity contribution >= 4 is 23.3 Å². The minimum atomic E-state index is -0.372. The maximum absolute atomic E-state index is 12.0. The number of nitrogens with one attached hydrogen (secondary N) is 1. The molecule has 108 valence electrons. The number of thioether (sulfide) groups is 1. The van der Waals surface area contributed by atoms with E-state index in [4.69, 9.17) is 5.73 Å². The SMILES string of the molecule is CSCCNc1c(N)n(CC(C)C)c(=O)n(C)c1=O. The molecule has 0 unspecified atom stereocenters. The van der Waals surface area contributed by atoms with Crippen LogP contribution in [0.15, 0.2) is 9.59 Å². The molecule has 0 saturated heterocycles. The van der Waals surface area contributed by atoms with Gasteiger partial charge in [0.05, 0.1) is 0 Å². The van der Waals surface area contributed by atoms with Crippen molar-refractivity contribution in [3.63, 3.8) is 0 Å². The third kappa shape index (κ3) is 3.56. The summed E-state index contributed by atoms with van der Waals surface area (Å²) in [4.78, 5) is 24.1. The Labute approximate surface area is 117 Å². The van der Waals surface area contributed by atoms with Gasteiger partial charge in [0.15, 0.2) is 0 Å². The van der Waals surface area contributed by atoms with Crippen molar-refractivity contribution in [3.05, 3.63) is 20.8 Å². The van der Waals surface area contributed by atoms with E-state index in [1.165, 1.54) is 11.6 Å². The van der Waals surface area contributed by atoms with Crippen molar-refractivity contribution in [2.75, 3.05) is 29.6 Å². The summed E-state index contributed by atoms with van der Waals surface area (Å²) in [5.41, 5.74) is 5.54. The lowest BCUT2D eigenvalue weighted by atomic mass is 10.2. The summed E-state index contributed by atoms with van der Waals surface area (Å²) in [7, 11) is 1.47. The highest BCUT2D eigenvalue weighted by Gasteiger charge is 2.15. The van der Waals surface area contributed by atoms with Crippen LogP contribution in [0.4, 0.5) is 11.5 Å². The van der Waals surface area contributed by atoms with Crippen LogP contribution in [0.5, 0.6) is 0 Å². The second-order valence-corrected chi connectivity index (χ2v) is 5.82. The number of anilines is 2. The lowest BCUT2D eigenvalue weighted by Crippen LogP contribution is -2.41. The fraction of sp³-hybridized carbons (Fsp3) is 0.667. The summed E-state index contributed by atoms with van der Waals surface area (Å²) in [6, 6.07) is 0. The zero-order chi connectivity index (χ0) is 14.6. The van der Waals surface area contributed by atoms with Gasteiger partial charge in [0, 0.05) is 25.9 Å². The number of rotatable bonds is 6. The molecule has 0 aromatic carbocycles. The van der Waals surface area contributed by atoms with E-state index in [0.717, 1.165) is 10.3 Å². The Morgan fingerprint density at radius 2 is 2.00 bits per heavy atom. The van der Waals surface area contributed by atoms with E-state index in [-0.39, 0.29) is 23.0 Å². The highest BCUT2D eigenvalue weighted by Crippen LogP contribution is 2.12. The molecule has 0 aliphatic rings. The van der Waals surface area contributed by atoms with E-state index >= 15 is 0 Å². The van der Waals surface area contributed by atoms with Gasteiger partial charge < -0.3 is 11.1 Å². The van der Waals surface area contributed by atoms with Crippen molar-refractivity contribution in [2.45, 2.75) is 20.4 Å². The summed E-state index contributed by atoms with van der Waals surface area (Å²) in [5.74, 6) is 1.37. The Kier molecular flexibility index (Phi) is 5.53. The van der Waals surface area contributed by atoms with Gasteiger partial charge in [-0.25, -0.2) is 4.79 Å². The number of nitrogens with two attached hydrogens (primary N) is 1. The molecule has 1 aromatic heterocycles. The van der Waals surface area contributed by atoms with Crippen LogP contribution in [0.2, 0.25) is 0 Å². The Morgan fingerprint density at radius 1 is 1.37 bits per heavy atom. The zero-order valence-electron chi connectivity index (χ0n) is 11.9. The molecule has 3 N–H and O–H groups in total. The van der Waals surface area contributed by atoms with Gasteiger partial charge >= 0.3 is 5.69 Å². The fourth-order valence-corrected chi connectivity index (χ4v) is 2.08. The van der Waals surface area contributed by atoms with Gasteiger partial charge in [-0.05, 0) is 12.2 Å². The predicted molar refractivity (Wildman–Crippen MR) is 82.1 cm³/mol. The van der Waals surface area contributed by atoms with Crippen molar-refractivity contribution in [2.24, 2.45) is 13.0 Å². The summed E-state index contributed by atoms with van der Waals surface area (Å²) in [6.45, 7) is 5.13. The molecular formula is C12H22N4O2S. The normalized spacial score (nSPS) is 11.0. The summed E-state index contributed by atoms with van der Waals surface area (Å²) in [5, 5.41) is 3.02. The van der Waals surface area contributed by atoms with Crippen LogP contribution < -0.4 is 22.3 Å². The van der Waals surface area contributed by atoms with Gasteiger partial charge in [-0.3, -0.25) is 13.9 Å². The standard InChI is InChI=1S/C12H22N4O2S/c1-8(2)7-16-10(13)9(14-5-6-19-4)11(17)15(3)12(16)18/h8,14H,5-7,13H2,1-4H3. The van der Waals surface area contributed by atoms with Crippen LogP contribution in [-0.2, 0) is 13.6 Å². The summed E-state index contributed by atoms with van der Waals surface area (Å²) >= 11 is 1.67. The third-order valence-corrected chi connectivity index (χ3v) is 3.35. The maximum Gasteiger partial charge on any atom is 0.332 e. The van der Waals surface area contributed by atoms with Gasteiger partial charge in [0.1, 0.15) is 11.5 Å². The van der Waals surface area contributed by atoms with E-state index in [0.29, 0.717) is 18.8 Å². The Morgan fingerprint density at radius 3 is 2.53 bits per heavy atom. The Bertz CT molecular complexity index is 548. The second kappa shape index (κ2) is 6.70. The smallest absolute Gasteiger partial charge is 0.332 e. The van der Waals surface area contributed by atoms with Crippen molar-refractivity contribution < 1.29 is 0 Å². The van der Waals surface area contributed by atoms with Crippen molar-refractivity contribution in [1.82, 2.24) is 9.13 Å². The Balaban J connectivity index is 3.27. The van der Waals surface area contributed by atoms with Crippen LogP contribution in [0.1, 0.15) is 13.8 Å². The van der Waals surface area contributed by atoms with Crippen LogP contribution >= 0.6 is 11.8 Å². The van der Waals surface area contributed by atoms with Crippen LogP contribution in [0.3, 0.4) is 0 Å². The third-order valence-electron chi connectivity index (χ3n) is 2.74. The van der Waals surface area contributed by atoms with E-state index in [2.05, 4.69) is 5.32 Å². The van der Waals surface area contributed by atoms with Gasteiger partial charge in [0.2, 0.25) is 0 Å². The van der Waals surface area contributed by atoms with Crippen LogP contribution in [-0.4, -0.2) is 27.7 Å². The van der Waals surface area contributed by atoms with Crippen molar-refractivity contribution in [3.8, 4) is 0 Å². The van der Waals surface area contributed by atoms with Crippen LogP contribution in [0.25, 0.3) is 0 Å². The average molecular weight is 286 g/mol. The lowest BCUT2D eigenvalue weighted by Gasteiger charge is -2.17. The highest BCUT2D eigenvalue weighted by atomic mass is 32.2. The van der Waals surface area contributed by atoms with E-state index in [1.807, 2.05) is 20.1 Å². The fourth-order valence-electron chi connectivity index (χ4n) is 1.77. The molecule has 0 atom stereocenters. The first-order valence-corrected chi connectivity index (χ1v) is 7.61. The molecule has 6 nitrogen and oxygen atoms in total. The molecule has 0 aliphatic heterocycles. The van der Waals surface area contributed by atoms with Gasteiger partial charge in [-0.2, -0.15) is 11.8 Å². The molecule has 0 spiro atoms. The first-order chi connectivity index (χ1) is 8.90. The number of nitrogens with zero attached hydrogens (tertiary/aromatic N) is 2. The number of aromatic nitrogens is 2. The topological polar surface area (TPSA) is 82.0 Å². The highest BCUT2D eigenvalue weighted by molar-refractivity contribution is 7.98. The molecule has 0 amide bonds. The quantitative estimate of drug-likeness (QED) is 0.747. The first-order valence-electron chi connectivity index (χ1n) is 6.22.